The number of imidazole rings is 1. The summed E-state index contributed by atoms with van der Waals surface area (Å²) in [6.45, 7) is 1.93. The maximum atomic E-state index is 12.8. The van der Waals surface area contributed by atoms with Gasteiger partial charge in [0.05, 0.1) is 17.5 Å². The van der Waals surface area contributed by atoms with Gasteiger partial charge in [0.2, 0.25) is 0 Å². The first-order valence-electron chi connectivity index (χ1n) is 8.49. The highest BCUT2D eigenvalue weighted by Gasteiger charge is 2.32. The lowest BCUT2D eigenvalue weighted by Crippen LogP contribution is -2.19. The van der Waals surface area contributed by atoms with Crippen molar-refractivity contribution in [2.24, 2.45) is 12.8 Å². The molecule has 158 valence electrons. The number of pyridine rings is 1. The average Bonchev–Trinajstić information content (AvgIpc) is 2.97. The Kier molecular flexibility index (Phi) is 7.12. The lowest BCUT2D eigenvalue weighted by Gasteiger charge is -2.10. The number of hydrogen-bond acceptors (Lipinski definition) is 8. The van der Waals surface area contributed by atoms with E-state index in [0.717, 1.165) is 6.21 Å². The predicted molar refractivity (Wildman–Crippen MR) is 112 cm³/mol. The number of alkyl halides is 3. The van der Waals surface area contributed by atoms with Crippen molar-refractivity contribution in [1.29, 1.82) is 10.7 Å². The molecular weight excluding hydrogens is 417 g/mol. The molecule has 0 saturated carbocycles. The van der Waals surface area contributed by atoms with Gasteiger partial charge in [-0.25, -0.2) is 9.97 Å². The first kappa shape index (κ1) is 22.8. The molecule has 0 amide bonds. The molecule has 2 aromatic heterocycles. The van der Waals surface area contributed by atoms with Gasteiger partial charge in [-0.1, -0.05) is 6.92 Å². The fourth-order valence-corrected chi connectivity index (χ4v) is 3.11. The highest BCUT2D eigenvalue weighted by atomic mass is 32.2. The van der Waals surface area contributed by atoms with Gasteiger partial charge >= 0.3 is 6.18 Å². The molecule has 0 aliphatic rings. The number of allylic oxidation sites excluding steroid dienone is 2. The largest absolute Gasteiger partial charge is 0.430 e. The summed E-state index contributed by atoms with van der Waals surface area (Å²) in [7, 11) is 1.57. The number of anilines is 2. The molecule has 30 heavy (non-hydrogen) atoms. The highest BCUT2D eigenvalue weighted by molar-refractivity contribution is 7.99. The molecule has 0 atom stereocenters. The molecule has 0 saturated heterocycles. The molecule has 8 nitrogen and oxygen atoms in total. The summed E-state index contributed by atoms with van der Waals surface area (Å²) >= 11 is 1.45. The van der Waals surface area contributed by atoms with Crippen molar-refractivity contribution < 1.29 is 13.2 Å². The second-order valence-electron chi connectivity index (χ2n) is 5.87. The summed E-state index contributed by atoms with van der Waals surface area (Å²) < 4.78 is 39.7. The van der Waals surface area contributed by atoms with Crippen LogP contribution in [0.5, 0.6) is 0 Å². The quantitative estimate of drug-likeness (QED) is 0.295. The average molecular weight is 436 g/mol. The van der Waals surface area contributed by atoms with Gasteiger partial charge in [0.1, 0.15) is 29.0 Å². The van der Waals surface area contributed by atoms with E-state index in [1.807, 2.05) is 13.0 Å². The van der Waals surface area contributed by atoms with E-state index in [-0.39, 0.29) is 22.9 Å². The molecule has 0 fully saturated rings. The zero-order chi connectivity index (χ0) is 22.5. The molecule has 0 spiro atoms. The van der Waals surface area contributed by atoms with Crippen LogP contribution in [0.4, 0.5) is 24.7 Å². The maximum Gasteiger partial charge on any atom is 0.430 e. The van der Waals surface area contributed by atoms with E-state index in [1.165, 1.54) is 28.7 Å². The third-order valence-corrected chi connectivity index (χ3v) is 4.74. The van der Waals surface area contributed by atoms with Crippen molar-refractivity contribution >= 4 is 35.6 Å². The van der Waals surface area contributed by atoms with Gasteiger partial charge in [0.25, 0.3) is 0 Å². The molecule has 2 rings (SSSR count). The Hall–Kier alpha value is -3.46. The Morgan fingerprint density at radius 3 is 2.73 bits per heavy atom. The van der Waals surface area contributed by atoms with Crippen LogP contribution in [0.2, 0.25) is 0 Å². The molecule has 2 heterocycles. The molecule has 0 unspecified atom stereocenters. The maximum absolute atomic E-state index is 12.8. The molecule has 0 aromatic carbocycles. The third-order valence-electron chi connectivity index (χ3n) is 3.83. The van der Waals surface area contributed by atoms with Crippen LogP contribution in [0, 0.1) is 16.7 Å². The minimum absolute atomic E-state index is 0.0150. The van der Waals surface area contributed by atoms with Gasteiger partial charge in [-0.2, -0.15) is 18.4 Å². The van der Waals surface area contributed by atoms with Crippen LogP contribution in [0.1, 0.15) is 12.6 Å². The van der Waals surface area contributed by atoms with Gasteiger partial charge in [0, 0.05) is 24.4 Å². The molecule has 0 bridgehead atoms. The second kappa shape index (κ2) is 9.36. The smallest absolute Gasteiger partial charge is 0.395 e. The number of nitriles is 1. The SMILES string of the molecule is CCSc1cc(N/C=C(/C#N)C=N)cnc1-c1nc(/C=C(\N)C(F)(F)F)c(N)n1C. The van der Waals surface area contributed by atoms with Crippen molar-refractivity contribution in [3.05, 3.63) is 35.4 Å². The van der Waals surface area contributed by atoms with Gasteiger partial charge in [-0.3, -0.25) is 0 Å². The summed E-state index contributed by atoms with van der Waals surface area (Å²) in [6.07, 6.45) is -0.242. The molecule has 0 radical (unpaired) electrons. The van der Waals surface area contributed by atoms with Gasteiger partial charge in [-0.05, 0) is 17.9 Å². The normalized spacial score (nSPS) is 12.5. The Labute approximate surface area is 175 Å². The fraction of sp³-hybridized carbons (Fsp3) is 0.222. The van der Waals surface area contributed by atoms with E-state index < -0.39 is 11.9 Å². The summed E-state index contributed by atoms with van der Waals surface area (Å²) in [4.78, 5) is 9.29. The van der Waals surface area contributed by atoms with E-state index in [4.69, 9.17) is 22.1 Å². The molecule has 0 aliphatic carbocycles. The highest BCUT2D eigenvalue weighted by Crippen LogP contribution is 2.33. The van der Waals surface area contributed by atoms with Crippen LogP contribution in [0.25, 0.3) is 17.6 Å². The number of aromatic nitrogens is 3. The van der Waals surface area contributed by atoms with Crippen molar-refractivity contribution in [2.45, 2.75) is 18.0 Å². The predicted octanol–water partition coefficient (Wildman–Crippen LogP) is 3.51. The molecular formula is C18H19F3N8S. The Balaban J connectivity index is 2.51. The van der Waals surface area contributed by atoms with Gasteiger partial charge in [0.15, 0.2) is 5.82 Å². The number of nitrogens with two attached hydrogens (primary N) is 2. The molecule has 0 aliphatic heterocycles. The van der Waals surface area contributed by atoms with Crippen LogP contribution in [-0.4, -0.2) is 32.7 Å². The van der Waals surface area contributed by atoms with Crippen LogP contribution < -0.4 is 16.8 Å². The minimum atomic E-state index is -4.69. The monoisotopic (exact) mass is 436 g/mol. The van der Waals surface area contributed by atoms with Crippen LogP contribution in [0.3, 0.4) is 0 Å². The zero-order valence-electron chi connectivity index (χ0n) is 16.1. The van der Waals surface area contributed by atoms with Crippen LogP contribution in [0.15, 0.2) is 34.6 Å². The van der Waals surface area contributed by atoms with Crippen molar-refractivity contribution in [2.75, 3.05) is 16.8 Å². The lowest BCUT2D eigenvalue weighted by molar-refractivity contribution is -0.0916. The van der Waals surface area contributed by atoms with Crippen LogP contribution in [-0.2, 0) is 7.05 Å². The minimum Gasteiger partial charge on any atom is -0.395 e. The number of nitrogen functional groups attached to an aromatic ring is 1. The first-order valence-corrected chi connectivity index (χ1v) is 9.47. The Morgan fingerprint density at radius 2 is 2.17 bits per heavy atom. The Morgan fingerprint density at radius 1 is 1.47 bits per heavy atom. The number of nitrogens with one attached hydrogen (secondary N) is 2. The molecule has 6 N–H and O–H groups in total. The zero-order valence-corrected chi connectivity index (χ0v) is 16.9. The second-order valence-corrected chi connectivity index (χ2v) is 7.17. The summed E-state index contributed by atoms with van der Waals surface area (Å²) in [5.41, 5.74) is 10.7. The number of rotatable bonds is 7. The van der Waals surface area contributed by atoms with Gasteiger partial charge < -0.3 is 26.8 Å². The summed E-state index contributed by atoms with van der Waals surface area (Å²) in [5, 5.41) is 18.9. The van der Waals surface area contributed by atoms with Crippen molar-refractivity contribution in [1.82, 2.24) is 14.5 Å². The molecule has 2 aromatic rings. The van der Waals surface area contributed by atoms with E-state index in [2.05, 4.69) is 15.3 Å². The number of thioether (sulfide) groups is 1. The third kappa shape index (κ3) is 5.12. The first-order chi connectivity index (χ1) is 14.1. The van der Waals surface area contributed by atoms with Crippen molar-refractivity contribution in [3.63, 3.8) is 0 Å². The topological polar surface area (TPSA) is 142 Å². The Bertz CT molecular complexity index is 1050. The van der Waals surface area contributed by atoms with E-state index in [9.17, 15) is 13.2 Å². The summed E-state index contributed by atoms with van der Waals surface area (Å²) in [6, 6.07) is 3.61. The summed E-state index contributed by atoms with van der Waals surface area (Å²) in [5.74, 6) is 0.996. The number of halogens is 3. The van der Waals surface area contributed by atoms with E-state index in [0.29, 0.717) is 28.1 Å². The fourth-order valence-electron chi connectivity index (χ4n) is 2.30. The van der Waals surface area contributed by atoms with Gasteiger partial charge in [-0.15, -0.1) is 11.8 Å². The lowest BCUT2D eigenvalue weighted by atomic mass is 10.3. The number of hydrogen-bond donors (Lipinski definition) is 4. The number of nitrogens with zero attached hydrogens (tertiary/aromatic N) is 4. The van der Waals surface area contributed by atoms with Crippen LogP contribution >= 0.6 is 11.8 Å². The standard InChI is InChI=1S/C18H19F3N8S/c1-3-30-13-4-11(26-8-10(6-22)7-23)9-27-15(13)17-28-12(16(25)29(17)2)5-14(24)18(19,20)21/h4-6,8-9,22,26H,3,24-25H2,1-2H3/b10-8+,14-5-,22-6?. The van der Waals surface area contributed by atoms with E-state index in [1.54, 1.807) is 13.1 Å². The van der Waals surface area contributed by atoms with E-state index >= 15 is 0 Å². The molecule has 12 heteroatoms. The van der Waals surface area contributed by atoms with Crippen molar-refractivity contribution in [3.8, 4) is 17.6 Å².